The second-order valence-electron chi connectivity index (χ2n) is 4.40. The largest absolute Gasteiger partial charge is 0.0996 e. The van der Waals surface area contributed by atoms with Crippen LogP contribution in [0.5, 0.6) is 0 Å². The van der Waals surface area contributed by atoms with E-state index in [1.807, 2.05) is 0 Å². The van der Waals surface area contributed by atoms with E-state index in [9.17, 15) is 0 Å². The molecule has 1 saturated carbocycles. The molecular formula is C11H20. The van der Waals surface area contributed by atoms with Crippen LogP contribution in [0.15, 0.2) is 12.2 Å². The van der Waals surface area contributed by atoms with E-state index < -0.39 is 0 Å². The highest BCUT2D eigenvalue weighted by atomic mass is 14.3. The maximum Gasteiger partial charge on any atom is -0.0183 e. The standard InChI is InChI=1S/C11H20/c1-8(2)11-6-5-9(3)7-10(11)4/h8-9,11H,4-7H2,1-3H3/t9-,11+/m1/s1. The fourth-order valence-corrected chi connectivity index (χ4v) is 2.17. The van der Waals surface area contributed by atoms with Gasteiger partial charge in [-0.25, -0.2) is 0 Å². The lowest BCUT2D eigenvalue weighted by Crippen LogP contribution is -2.19. The Bertz CT molecular complexity index is 144. The van der Waals surface area contributed by atoms with Gasteiger partial charge in [0.2, 0.25) is 0 Å². The minimum Gasteiger partial charge on any atom is -0.0996 e. The first kappa shape index (κ1) is 8.83. The lowest BCUT2D eigenvalue weighted by molar-refractivity contribution is 0.309. The van der Waals surface area contributed by atoms with Gasteiger partial charge in [0.25, 0.3) is 0 Å². The van der Waals surface area contributed by atoms with E-state index >= 15 is 0 Å². The summed E-state index contributed by atoms with van der Waals surface area (Å²) in [6.45, 7) is 11.1. The van der Waals surface area contributed by atoms with E-state index in [0.717, 1.165) is 17.8 Å². The van der Waals surface area contributed by atoms with Gasteiger partial charge >= 0.3 is 0 Å². The van der Waals surface area contributed by atoms with Gasteiger partial charge in [-0.15, -0.1) is 0 Å². The van der Waals surface area contributed by atoms with Crippen molar-refractivity contribution in [2.45, 2.75) is 40.0 Å². The van der Waals surface area contributed by atoms with Crippen LogP contribution in [-0.4, -0.2) is 0 Å². The molecule has 0 radical (unpaired) electrons. The molecule has 0 N–H and O–H groups in total. The Hall–Kier alpha value is -0.260. The highest BCUT2D eigenvalue weighted by Gasteiger charge is 2.23. The molecule has 64 valence electrons. The third-order valence-electron chi connectivity index (χ3n) is 2.91. The summed E-state index contributed by atoms with van der Waals surface area (Å²) in [7, 11) is 0. The summed E-state index contributed by atoms with van der Waals surface area (Å²) in [6.07, 6.45) is 4.04. The zero-order valence-electron chi connectivity index (χ0n) is 8.06. The highest BCUT2D eigenvalue weighted by molar-refractivity contribution is 5.05. The van der Waals surface area contributed by atoms with Crippen molar-refractivity contribution >= 4 is 0 Å². The summed E-state index contributed by atoms with van der Waals surface area (Å²) in [5.74, 6) is 2.50. The van der Waals surface area contributed by atoms with E-state index in [0.29, 0.717) is 0 Å². The summed E-state index contributed by atoms with van der Waals surface area (Å²) >= 11 is 0. The molecule has 0 aromatic carbocycles. The molecule has 1 fully saturated rings. The number of allylic oxidation sites excluding steroid dienone is 1. The fraction of sp³-hybridized carbons (Fsp3) is 0.818. The number of rotatable bonds is 1. The summed E-state index contributed by atoms with van der Waals surface area (Å²) in [5, 5.41) is 0. The molecule has 0 spiro atoms. The quantitative estimate of drug-likeness (QED) is 0.503. The lowest BCUT2D eigenvalue weighted by atomic mass is 9.75. The van der Waals surface area contributed by atoms with Crippen molar-refractivity contribution in [2.75, 3.05) is 0 Å². The Labute approximate surface area is 70.7 Å². The van der Waals surface area contributed by atoms with E-state index in [-0.39, 0.29) is 0 Å². The monoisotopic (exact) mass is 152 g/mol. The van der Waals surface area contributed by atoms with E-state index in [1.165, 1.54) is 24.8 Å². The maximum atomic E-state index is 4.17. The summed E-state index contributed by atoms with van der Waals surface area (Å²) < 4.78 is 0. The zero-order valence-corrected chi connectivity index (χ0v) is 8.06. The fourth-order valence-electron chi connectivity index (χ4n) is 2.17. The molecular weight excluding hydrogens is 132 g/mol. The summed E-state index contributed by atoms with van der Waals surface area (Å²) in [6, 6.07) is 0. The lowest BCUT2D eigenvalue weighted by Gasteiger charge is -2.31. The molecule has 0 heteroatoms. The van der Waals surface area contributed by atoms with Crippen molar-refractivity contribution in [3.63, 3.8) is 0 Å². The predicted octanol–water partition coefficient (Wildman–Crippen LogP) is 3.63. The molecule has 11 heavy (non-hydrogen) atoms. The van der Waals surface area contributed by atoms with Gasteiger partial charge in [-0.1, -0.05) is 32.9 Å². The van der Waals surface area contributed by atoms with Gasteiger partial charge < -0.3 is 0 Å². The third kappa shape index (κ3) is 2.08. The van der Waals surface area contributed by atoms with E-state index in [2.05, 4.69) is 27.4 Å². The average molecular weight is 152 g/mol. The first-order valence-electron chi connectivity index (χ1n) is 4.79. The van der Waals surface area contributed by atoms with Crippen molar-refractivity contribution in [3.8, 4) is 0 Å². The van der Waals surface area contributed by atoms with Gasteiger partial charge in [-0.2, -0.15) is 0 Å². The molecule has 0 bridgehead atoms. The van der Waals surface area contributed by atoms with Gasteiger partial charge in [0, 0.05) is 0 Å². The van der Waals surface area contributed by atoms with Gasteiger partial charge in [0.05, 0.1) is 0 Å². The molecule has 0 aliphatic heterocycles. The molecule has 0 unspecified atom stereocenters. The normalized spacial score (nSPS) is 32.9. The molecule has 1 rings (SSSR count). The SMILES string of the molecule is C=C1C[C@H](C)CC[C@H]1C(C)C. The van der Waals surface area contributed by atoms with Crippen LogP contribution in [-0.2, 0) is 0 Å². The summed E-state index contributed by atoms with van der Waals surface area (Å²) in [5.41, 5.74) is 1.50. The van der Waals surface area contributed by atoms with Gasteiger partial charge in [0.15, 0.2) is 0 Å². The van der Waals surface area contributed by atoms with Crippen LogP contribution in [0.4, 0.5) is 0 Å². The van der Waals surface area contributed by atoms with Crippen LogP contribution in [0.1, 0.15) is 40.0 Å². The van der Waals surface area contributed by atoms with Crippen LogP contribution in [0.2, 0.25) is 0 Å². The molecule has 0 aromatic heterocycles. The molecule has 1 aliphatic carbocycles. The maximum absolute atomic E-state index is 4.17. The molecule has 2 atom stereocenters. The second kappa shape index (κ2) is 3.42. The van der Waals surface area contributed by atoms with Crippen LogP contribution in [0, 0.1) is 17.8 Å². The van der Waals surface area contributed by atoms with Crippen LogP contribution >= 0.6 is 0 Å². The predicted molar refractivity (Wildman–Crippen MR) is 50.5 cm³/mol. The Kier molecular flexibility index (Phi) is 2.75. The minimum atomic E-state index is 0.801. The molecule has 0 heterocycles. The Morgan fingerprint density at radius 3 is 2.45 bits per heavy atom. The van der Waals surface area contributed by atoms with Crippen LogP contribution in [0.25, 0.3) is 0 Å². The molecule has 0 aromatic rings. The number of hydrogen-bond donors (Lipinski definition) is 0. The average Bonchev–Trinajstić information content (AvgIpc) is 1.85. The Balaban J connectivity index is 2.51. The molecule has 1 aliphatic rings. The highest BCUT2D eigenvalue weighted by Crippen LogP contribution is 2.36. The molecule has 0 amide bonds. The zero-order chi connectivity index (χ0) is 8.43. The van der Waals surface area contributed by atoms with Crippen molar-refractivity contribution in [1.82, 2.24) is 0 Å². The van der Waals surface area contributed by atoms with Crippen LogP contribution in [0.3, 0.4) is 0 Å². The Morgan fingerprint density at radius 1 is 1.36 bits per heavy atom. The number of hydrogen-bond acceptors (Lipinski definition) is 0. The van der Waals surface area contributed by atoms with E-state index in [4.69, 9.17) is 0 Å². The summed E-state index contributed by atoms with van der Waals surface area (Å²) in [4.78, 5) is 0. The molecule has 0 saturated heterocycles. The van der Waals surface area contributed by atoms with Gasteiger partial charge in [0.1, 0.15) is 0 Å². The second-order valence-corrected chi connectivity index (χ2v) is 4.40. The first-order chi connectivity index (χ1) is 5.11. The first-order valence-corrected chi connectivity index (χ1v) is 4.79. The van der Waals surface area contributed by atoms with Crippen molar-refractivity contribution in [2.24, 2.45) is 17.8 Å². The minimum absolute atomic E-state index is 0.801. The van der Waals surface area contributed by atoms with Gasteiger partial charge in [-0.3, -0.25) is 0 Å². The van der Waals surface area contributed by atoms with E-state index in [1.54, 1.807) is 0 Å². The van der Waals surface area contributed by atoms with Crippen molar-refractivity contribution in [3.05, 3.63) is 12.2 Å². The van der Waals surface area contributed by atoms with Crippen molar-refractivity contribution < 1.29 is 0 Å². The van der Waals surface area contributed by atoms with Gasteiger partial charge in [-0.05, 0) is 37.0 Å². The Morgan fingerprint density at radius 2 is 2.00 bits per heavy atom. The topological polar surface area (TPSA) is 0 Å². The molecule has 0 nitrogen and oxygen atoms in total. The van der Waals surface area contributed by atoms with Crippen LogP contribution < -0.4 is 0 Å². The van der Waals surface area contributed by atoms with Crippen molar-refractivity contribution in [1.29, 1.82) is 0 Å². The smallest absolute Gasteiger partial charge is 0.0183 e. The third-order valence-corrected chi connectivity index (χ3v) is 2.91.